The van der Waals surface area contributed by atoms with Crippen LogP contribution in [0.15, 0.2) is 9.95 Å². The Labute approximate surface area is 169 Å². The summed E-state index contributed by atoms with van der Waals surface area (Å²) in [6.45, 7) is 12.4. The predicted molar refractivity (Wildman–Crippen MR) is 114 cm³/mol. The summed E-state index contributed by atoms with van der Waals surface area (Å²) in [6, 6.07) is 0. The smallest absolute Gasteiger partial charge is 0.263 e. The highest BCUT2D eigenvalue weighted by Gasteiger charge is 2.31. The highest BCUT2D eigenvalue weighted by Crippen LogP contribution is 2.32. The zero-order valence-electron chi connectivity index (χ0n) is 16.9. The number of piperidine rings is 1. The lowest BCUT2D eigenvalue weighted by molar-refractivity contribution is -0.132. The molecule has 7 heteroatoms. The van der Waals surface area contributed by atoms with Gasteiger partial charge in [0.1, 0.15) is 4.83 Å². The Morgan fingerprint density at radius 2 is 1.89 bits per heavy atom. The van der Waals surface area contributed by atoms with Crippen molar-refractivity contribution in [2.75, 3.05) is 13.1 Å². The normalized spacial score (nSPS) is 16.3. The third kappa shape index (κ3) is 3.94. The van der Waals surface area contributed by atoms with Gasteiger partial charge in [0.15, 0.2) is 5.16 Å². The second-order valence-corrected chi connectivity index (χ2v) is 9.89. The molecule has 0 bridgehead atoms. The van der Waals surface area contributed by atoms with Crippen LogP contribution in [-0.2, 0) is 11.3 Å². The van der Waals surface area contributed by atoms with E-state index in [2.05, 4.69) is 13.8 Å². The first-order valence-corrected chi connectivity index (χ1v) is 11.5. The average molecular weight is 408 g/mol. The van der Waals surface area contributed by atoms with Gasteiger partial charge in [-0.15, -0.1) is 11.3 Å². The van der Waals surface area contributed by atoms with E-state index >= 15 is 0 Å². The van der Waals surface area contributed by atoms with Gasteiger partial charge in [-0.05, 0) is 51.5 Å². The molecule has 1 aliphatic heterocycles. The summed E-state index contributed by atoms with van der Waals surface area (Å²) in [6.07, 6.45) is 3.37. The highest BCUT2D eigenvalue weighted by atomic mass is 32.2. The van der Waals surface area contributed by atoms with Crippen molar-refractivity contribution in [1.29, 1.82) is 0 Å². The van der Waals surface area contributed by atoms with Gasteiger partial charge in [0, 0.05) is 24.5 Å². The molecule has 1 atom stereocenters. The summed E-state index contributed by atoms with van der Waals surface area (Å²) in [7, 11) is 0. The highest BCUT2D eigenvalue weighted by molar-refractivity contribution is 8.00. The fraction of sp³-hybridized carbons (Fsp3) is 0.650. The number of amides is 1. The maximum Gasteiger partial charge on any atom is 0.263 e. The molecule has 3 rings (SSSR count). The van der Waals surface area contributed by atoms with E-state index in [-0.39, 0.29) is 22.6 Å². The standard InChI is InChI=1S/C20H29N3O2S2/c1-6-23-18(24)15-13(4)14(5)26-17(15)21-20(23)27-16(12(2)3)19(25)22-10-8-7-9-11-22/h12,16H,6-11H2,1-5H3. The summed E-state index contributed by atoms with van der Waals surface area (Å²) >= 11 is 3.03. The summed E-state index contributed by atoms with van der Waals surface area (Å²) in [5, 5.41) is 1.18. The Kier molecular flexibility index (Phi) is 6.31. The minimum Gasteiger partial charge on any atom is -0.342 e. The van der Waals surface area contributed by atoms with Crippen LogP contribution < -0.4 is 5.56 Å². The average Bonchev–Trinajstić information content (AvgIpc) is 2.94. The lowest BCUT2D eigenvalue weighted by Gasteiger charge is -2.31. The Bertz CT molecular complexity index is 895. The van der Waals surface area contributed by atoms with Crippen molar-refractivity contribution in [3.05, 3.63) is 20.8 Å². The molecule has 1 unspecified atom stereocenters. The molecule has 3 heterocycles. The van der Waals surface area contributed by atoms with Gasteiger partial charge in [-0.25, -0.2) is 4.98 Å². The van der Waals surface area contributed by atoms with Gasteiger partial charge < -0.3 is 4.90 Å². The Hall–Kier alpha value is -1.34. The number of carbonyl (C=O) groups is 1. The maximum atomic E-state index is 13.1. The minimum atomic E-state index is -0.215. The SMILES string of the molecule is CCn1c(SC(C(=O)N2CCCCC2)C(C)C)nc2sc(C)c(C)c2c1=O. The zero-order chi connectivity index (χ0) is 19.7. The van der Waals surface area contributed by atoms with Crippen molar-refractivity contribution in [3.8, 4) is 0 Å². The van der Waals surface area contributed by atoms with E-state index in [0.29, 0.717) is 11.7 Å². The zero-order valence-corrected chi connectivity index (χ0v) is 18.5. The molecule has 0 spiro atoms. The summed E-state index contributed by atoms with van der Waals surface area (Å²) in [5.41, 5.74) is 1.04. The third-order valence-corrected chi connectivity index (χ3v) is 7.94. The largest absolute Gasteiger partial charge is 0.342 e. The van der Waals surface area contributed by atoms with Gasteiger partial charge >= 0.3 is 0 Å². The van der Waals surface area contributed by atoms with Crippen LogP contribution in [0.2, 0.25) is 0 Å². The minimum absolute atomic E-state index is 0.0137. The third-order valence-electron chi connectivity index (χ3n) is 5.32. The number of carbonyl (C=O) groups excluding carboxylic acids is 1. The van der Waals surface area contributed by atoms with E-state index in [9.17, 15) is 9.59 Å². The number of thiophene rings is 1. The molecule has 1 aliphatic rings. The first-order valence-electron chi connectivity index (χ1n) is 9.81. The molecular weight excluding hydrogens is 378 g/mol. The molecule has 1 saturated heterocycles. The number of aryl methyl sites for hydroxylation is 2. The van der Waals surface area contributed by atoms with Gasteiger partial charge in [0.05, 0.1) is 10.6 Å². The van der Waals surface area contributed by atoms with E-state index in [4.69, 9.17) is 4.98 Å². The molecule has 0 saturated carbocycles. The lowest BCUT2D eigenvalue weighted by Crippen LogP contribution is -2.43. The quantitative estimate of drug-likeness (QED) is 0.550. The van der Waals surface area contributed by atoms with Gasteiger partial charge in [-0.2, -0.15) is 0 Å². The van der Waals surface area contributed by atoms with Crippen LogP contribution in [0.3, 0.4) is 0 Å². The van der Waals surface area contributed by atoms with Gasteiger partial charge in [0.2, 0.25) is 5.91 Å². The van der Waals surface area contributed by atoms with Crippen molar-refractivity contribution in [3.63, 3.8) is 0 Å². The molecule has 0 aliphatic carbocycles. The summed E-state index contributed by atoms with van der Waals surface area (Å²) in [4.78, 5) is 34.9. The number of likely N-dealkylation sites (tertiary alicyclic amines) is 1. The van der Waals surface area contributed by atoms with E-state index < -0.39 is 0 Å². The second kappa shape index (κ2) is 8.35. The molecule has 2 aromatic rings. The summed E-state index contributed by atoms with van der Waals surface area (Å²) in [5.74, 6) is 0.361. The van der Waals surface area contributed by atoms with Gasteiger partial charge in [-0.3, -0.25) is 14.2 Å². The molecule has 0 radical (unpaired) electrons. The van der Waals surface area contributed by atoms with Gasteiger partial charge in [0.25, 0.3) is 5.56 Å². The van der Waals surface area contributed by atoms with Gasteiger partial charge in [-0.1, -0.05) is 25.6 Å². The number of fused-ring (bicyclic) bond motifs is 1. The molecule has 1 fully saturated rings. The number of nitrogens with zero attached hydrogens (tertiary/aromatic N) is 3. The molecule has 1 amide bonds. The number of hydrogen-bond acceptors (Lipinski definition) is 5. The van der Waals surface area contributed by atoms with Crippen molar-refractivity contribution >= 4 is 39.2 Å². The molecular formula is C20H29N3O2S2. The Morgan fingerprint density at radius 1 is 1.22 bits per heavy atom. The van der Waals surface area contributed by atoms with Crippen LogP contribution in [0.5, 0.6) is 0 Å². The van der Waals surface area contributed by atoms with Crippen LogP contribution in [0, 0.1) is 19.8 Å². The number of thioether (sulfide) groups is 1. The van der Waals surface area contributed by atoms with Crippen LogP contribution in [-0.4, -0.2) is 38.7 Å². The number of hydrogen-bond donors (Lipinski definition) is 0. The number of aromatic nitrogens is 2. The first-order chi connectivity index (χ1) is 12.8. The van der Waals surface area contributed by atoms with Crippen molar-refractivity contribution in [1.82, 2.24) is 14.5 Å². The molecule has 148 valence electrons. The predicted octanol–water partition coefficient (Wildman–Crippen LogP) is 4.22. The second-order valence-electron chi connectivity index (χ2n) is 7.58. The Morgan fingerprint density at radius 3 is 2.48 bits per heavy atom. The van der Waals surface area contributed by atoms with Crippen molar-refractivity contribution in [2.24, 2.45) is 5.92 Å². The van der Waals surface area contributed by atoms with Crippen LogP contribution >= 0.6 is 23.1 Å². The van der Waals surface area contributed by atoms with E-state index in [0.717, 1.165) is 46.6 Å². The molecule has 0 N–H and O–H groups in total. The fourth-order valence-corrected chi connectivity index (χ4v) is 5.87. The van der Waals surface area contributed by atoms with Crippen LogP contribution in [0.1, 0.15) is 50.5 Å². The topological polar surface area (TPSA) is 55.2 Å². The molecule has 2 aromatic heterocycles. The van der Waals surface area contributed by atoms with Crippen LogP contribution in [0.4, 0.5) is 0 Å². The van der Waals surface area contributed by atoms with Crippen molar-refractivity contribution < 1.29 is 4.79 Å². The van der Waals surface area contributed by atoms with E-state index in [1.54, 1.807) is 15.9 Å². The monoisotopic (exact) mass is 407 g/mol. The summed E-state index contributed by atoms with van der Waals surface area (Å²) < 4.78 is 1.73. The number of rotatable bonds is 5. The molecule has 27 heavy (non-hydrogen) atoms. The van der Waals surface area contributed by atoms with Crippen LogP contribution in [0.25, 0.3) is 10.2 Å². The maximum absolute atomic E-state index is 13.1. The fourth-order valence-electron chi connectivity index (χ4n) is 3.56. The molecule has 0 aromatic carbocycles. The molecule has 5 nitrogen and oxygen atoms in total. The van der Waals surface area contributed by atoms with E-state index in [1.165, 1.54) is 18.2 Å². The van der Waals surface area contributed by atoms with Crippen molar-refractivity contribution in [2.45, 2.75) is 70.8 Å². The van der Waals surface area contributed by atoms with E-state index in [1.807, 2.05) is 25.7 Å². The lowest BCUT2D eigenvalue weighted by atomic mass is 10.1. The Balaban J connectivity index is 1.99. The first kappa shape index (κ1) is 20.4.